The Labute approximate surface area is 195 Å². The number of ether oxygens (including phenoxy) is 2. The molecule has 2 fully saturated rings. The van der Waals surface area contributed by atoms with E-state index in [9.17, 15) is 9.59 Å². The molecule has 1 N–H and O–H groups in total. The molecule has 0 radical (unpaired) electrons. The highest BCUT2D eigenvalue weighted by molar-refractivity contribution is 6.31. The fraction of sp³-hybridized carbons (Fsp3) is 0.652. The number of morpholine rings is 1. The molecule has 1 unspecified atom stereocenters. The Balaban J connectivity index is 1.61. The van der Waals surface area contributed by atoms with E-state index in [1.54, 1.807) is 18.0 Å². The summed E-state index contributed by atoms with van der Waals surface area (Å²) < 4.78 is 10.9. The first kappa shape index (κ1) is 24.5. The van der Waals surface area contributed by atoms with E-state index < -0.39 is 5.60 Å². The number of hydrogen-bond acceptors (Lipinski definition) is 5. The lowest BCUT2D eigenvalue weighted by Gasteiger charge is -2.35. The first-order valence-electron chi connectivity index (χ1n) is 11.2. The molecule has 0 aliphatic carbocycles. The van der Waals surface area contributed by atoms with Crippen molar-refractivity contribution in [2.45, 2.75) is 39.2 Å². The van der Waals surface area contributed by atoms with E-state index in [4.69, 9.17) is 21.1 Å². The standard InChI is InChI=1S/C23H35ClN4O4/c1-23(2,3)32-22(30)26(4)15-17-6-5-9-28(16-17)21(29)25-19-14-18(24)7-8-20(19)27-10-12-31-13-11-27/h7-8,14,17H,5-6,9-13,15-16H2,1-4H3,(H,25,29). The van der Waals surface area contributed by atoms with Crippen molar-refractivity contribution in [2.24, 2.45) is 5.92 Å². The zero-order chi connectivity index (χ0) is 23.3. The largest absolute Gasteiger partial charge is 0.444 e. The van der Waals surface area contributed by atoms with Crippen LogP contribution in [0.15, 0.2) is 18.2 Å². The lowest BCUT2D eigenvalue weighted by atomic mass is 9.98. The average molecular weight is 467 g/mol. The van der Waals surface area contributed by atoms with Crippen LogP contribution in [0.25, 0.3) is 0 Å². The van der Waals surface area contributed by atoms with Gasteiger partial charge < -0.3 is 29.5 Å². The zero-order valence-corrected chi connectivity index (χ0v) is 20.3. The number of amides is 3. The summed E-state index contributed by atoms with van der Waals surface area (Å²) in [6.07, 6.45) is 1.52. The molecule has 3 amide bonds. The maximum atomic E-state index is 13.1. The predicted octanol–water partition coefficient (Wildman–Crippen LogP) is 4.29. The van der Waals surface area contributed by atoms with Crippen LogP contribution in [0, 0.1) is 5.92 Å². The molecule has 2 aliphatic rings. The Morgan fingerprint density at radius 2 is 1.97 bits per heavy atom. The lowest BCUT2D eigenvalue weighted by molar-refractivity contribution is 0.0253. The highest BCUT2D eigenvalue weighted by Crippen LogP contribution is 2.30. The molecule has 0 bridgehead atoms. The number of nitrogens with one attached hydrogen (secondary N) is 1. The molecule has 32 heavy (non-hydrogen) atoms. The van der Waals surface area contributed by atoms with Gasteiger partial charge in [-0.3, -0.25) is 0 Å². The highest BCUT2D eigenvalue weighted by Gasteiger charge is 2.28. The predicted molar refractivity (Wildman–Crippen MR) is 127 cm³/mol. The molecular weight excluding hydrogens is 432 g/mol. The summed E-state index contributed by atoms with van der Waals surface area (Å²) >= 11 is 6.22. The number of benzene rings is 1. The molecule has 2 heterocycles. The summed E-state index contributed by atoms with van der Waals surface area (Å²) in [7, 11) is 1.74. The average Bonchev–Trinajstić information content (AvgIpc) is 2.73. The van der Waals surface area contributed by atoms with Gasteiger partial charge in [0, 0.05) is 44.8 Å². The van der Waals surface area contributed by atoms with Crippen molar-refractivity contribution in [3.8, 4) is 0 Å². The zero-order valence-electron chi connectivity index (χ0n) is 19.5. The molecule has 1 aromatic carbocycles. The third kappa shape index (κ3) is 6.90. The summed E-state index contributed by atoms with van der Waals surface area (Å²) in [5.41, 5.74) is 1.13. The minimum absolute atomic E-state index is 0.147. The molecule has 0 aromatic heterocycles. The van der Waals surface area contributed by atoms with Crippen LogP contribution in [0.5, 0.6) is 0 Å². The molecule has 1 aromatic rings. The van der Waals surface area contributed by atoms with Crippen LogP contribution in [0.3, 0.4) is 0 Å². The van der Waals surface area contributed by atoms with Crippen LogP contribution >= 0.6 is 11.6 Å². The number of nitrogens with zero attached hydrogens (tertiary/aromatic N) is 3. The molecule has 0 saturated carbocycles. The van der Waals surface area contributed by atoms with Gasteiger partial charge in [0.15, 0.2) is 0 Å². The smallest absolute Gasteiger partial charge is 0.410 e. The van der Waals surface area contributed by atoms with Crippen LogP contribution in [0.4, 0.5) is 21.0 Å². The van der Waals surface area contributed by atoms with E-state index in [0.717, 1.165) is 31.6 Å². The van der Waals surface area contributed by atoms with Crippen molar-refractivity contribution in [1.29, 1.82) is 0 Å². The van der Waals surface area contributed by atoms with E-state index in [1.807, 2.05) is 37.8 Å². The minimum atomic E-state index is -0.529. The van der Waals surface area contributed by atoms with Gasteiger partial charge in [0.2, 0.25) is 0 Å². The van der Waals surface area contributed by atoms with Crippen molar-refractivity contribution in [1.82, 2.24) is 9.80 Å². The molecule has 2 saturated heterocycles. The second kappa shape index (κ2) is 10.6. The topological polar surface area (TPSA) is 74.4 Å². The molecule has 2 aliphatic heterocycles. The van der Waals surface area contributed by atoms with Gasteiger partial charge in [-0.1, -0.05) is 11.6 Å². The fourth-order valence-electron chi connectivity index (χ4n) is 4.08. The number of carbonyl (C=O) groups excluding carboxylic acids is 2. The van der Waals surface area contributed by atoms with Gasteiger partial charge in [-0.2, -0.15) is 0 Å². The summed E-state index contributed by atoms with van der Waals surface area (Å²) in [5.74, 6) is 0.199. The summed E-state index contributed by atoms with van der Waals surface area (Å²) in [5, 5.41) is 3.64. The van der Waals surface area contributed by atoms with E-state index in [2.05, 4.69) is 10.2 Å². The number of piperidine rings is 1. The number of anilines is 2. The van der Waals surface area contributed by atoms with Gasteiger partial charge in [-0.25, -0.2) is 9.59 Å². The monoisotopic (exact) mass is 466 g/mol. The summed E-state index contributed by atoms with van der Waals surface area (Å²) in [6.45, 7) is 10.3. The highest BCUT2D eigenvalue weighted by atomic mass is 35.5. The molecule has 3 rings (SSSR count). The minimum Gasteiger partial charge on any atom is -0.444 e. The van der Waals surface area contributed by atoms with Gasteiger partial charge in [0.05, 0.1) is 24.6 Å². The molecular formula is C23H35ClN4O4. The molecule has 1 atom stereocenters. The van der Waals surface area contributed by atoms with E-state index >= 15 is 0 Å². The number of halogens is 1. The van der Waals surface area contributed by atoms with Crippen LogP contribution in [0.2, 0.25) is 5.02 Å². The van der Waals surface area contributed by atoms with Crippen LogP contribution < -0.4 is 10.2 Å². The van der Waals surface area contributed by atoms with Crippen LogP contribution in [-0.2, 0) is 9.47 Å². The van der Waals surface area contributed by atoms with Gasteiger partial charge in [-0.05, 0) is 57.7 Å². The Hall–Kier alpha value is -2.19. The van der Waals surface area contributed by atoms with Crippen molar-refractivity contribution >= 4 is 35.1 Å². The van der Waals surface area contributed by atoms with Gasteiger partial charge in [-0.15, -0.1) is 0 Å². The number of hydrogen-bond donors (Lipinski definition) is 1. The maximum Gasteiger partial charge on any atom is 0.410 e. The fourth-order valence-corrected chi connectivity index (χ4v) is 4.25. The lowest BCUT2D eigenvalue weighted by Crippen LogP contribution is -2.46. The second-order valence-electron chi connectivity index (χ2n) is 9.51. The summed E-state index contributed by atoms with van der Waals surface area (Å²) in [6, 6.07) is 5.43. The van der Waals surface area contributed by atoms with Crippen molar-refractivity contribution in [3.63, 3.8) is 0 Å². The number of urea groups is 1. The second-order valence-corrected chi connectivity index (χ2v) is 9.94. The van der Waals surface area contributed by atoms with Crippen molar-refractivity contribution in [2.75, 3.05) is 63.2 Å². The van der Waals surface area contributed by atoms with Gasteiger partial charge in [0.25, 0.3) is 0 Å². The van der Waals surface area contributed by atoms with E-state index in [1.165, 1.54) is 0 Å². The normalized spacial score (nSPS) is 19.5. The first-order chi connectivity index (χ1) is 15.1. The quantitative estimate of drug-likeness (QED) is 0.716. The molecule has 0 spiro atoms. The molecule has 178 valence electrons. The van der Waals surface area contributed by atoms with Crippen LogP contribution in [0.1, 0.15) is 33.6 Å². The first-order valence-corrected chi connectivity index (χ1v) is 11.6. The van der Waals surface area contributed by atoms with Crippen molar-refractivity contribution in [3.05, 3.63) is 23.2 Å². The molecule has 8 nitrogen and oxygen atoms in total. The van der Waals surface area contributed by atoms with Gasteiger partial charge >= 0.3 is 12.1 Å². The number of rotatable bonds is 4. The summed E-state index contributed by atoms with van der Waals surface area (Å²) in [4.78, 5) is 31.0. The van der Waals surface area contributed by atoms with Crippen LogP contribution in [-0.4, -0.2) is 80.5 Å². The Morgan fingerprint density at radius 3 is 2.66 bits per heavy atom. The third-order valence-electron chi connectivity index (χ3n) is 5.60. The van der Waals surface area contributed by atoms with Gasteiger partial charge in [0.1, 0.15) is 5.60 Å². The number of carbonyl (C=O) groups is 2. The Bertz CT molecular complexity index is 808. The molecule has 9 heteroatoms. The Kier molecular flexibility index (Phi) is 8.11. The van der Waals surface area contributed by atoms with E-state index in [-0.39, 0.29) is 18.0 Å². The van der Waals surface area contributed by atoms with E-state index in [0.29, 0.717) is 43.6 Å². The SMILES string of the molecule is CN(CC1CCCN(C(=O)Nc2cc(Cl)ccc2N2CCOCC2)C1)C(=O)OC(C)(C)C. The Morgan fingerprint density at radius 1 is 1.25 bits per heavy atom. The third-order valence-corrected chi connectivity index (χ3v) is 5.83. The maximum absolute atomic E-state index is 13.1. The van der Waals surface area contributed by atoms with Crippen molar-refractivity contribution < 1.29 is 19.1 Å². The number of likely N-dealkylation sites (tertiary alicyclic amines) is 1.